The van der Waals surface area contributed by atoms with Crippen molar-refractivity contribution in [3.8, 4) is 0 Å². The van der Waals surface area contributed by atoms with Crippen LogP contribution in [0.3, 0.4) is 0 Å². The maximum Gasteiger partial charge on any atom is 0.0499 e. The molecule has 1 N–H and O–H groups in total. The fourth-order valence-corrected chi connectivity index (χ4v) is 4.94. The third-order valence-corrected chi connectivity index (χ3v) is 6.87. The third-order valence-electron chi connectivity index (χ3n) is 6.87. The molecule has 0 atom stereocenters. The fourth-order valence-electron chi connectivity index (χ4n) is 4.94. The van der Waals surface area contributed by atoms with E-state index >= 15 is 0 Å². The van der Waals surface area contributed by atoms with E-state index in [0.29, 0.717) is 0 Å². The van der Waals surface area contributed by atoms with E-state index in [0.717, 1.165) is 0 Å². The lowest BCUT2D eigenvalue weighted by molar-refractivity contribution is 0.599. The molecule has 0 saturated carbocycles. The normalized spacial score (nSPS) is 11.2. The predicted octanol–water partition coefficient (Wildman–Crippen LogP) is 10.4. The Bertz CT molecular complexity index is 928. The average Bonchev–Trinajstić information content (AvgIpc) is 2.85. The Hall–Kier alpha value is -2.28. The van der Waals surface area contributed by atoms with Crippen molar-refractivity contribution < 1.29 is 0 Å². The van der Waals surface area contributed by atoms with Gasteiger partial charge in [0.25, 0.3) is 0 Å². The molecule has 3 aromatic rings. The first kappa shape index (κ1) is 25.3. The first-order valence-corrected chi connectivity index (χ1v) is 13.7. The molecule has 0 aliphatic heterocycles. The van der Waals surface area contributed by atoms with Gasteiger partial charge in [-0.1, -0.05) is 127 Å². The average molecular weight is 444 g/mol. The highest BCUT2D eigenvalue weighted by molar-refractivity contribution is 5.98. The zero-order valence-electron chi connectivity index (χ0n) is 21.2. The van der Waals surface area contributed by atoms with Crippen LogP contribution in [0.25, 0.3) is 10.8 Å². The van der Waals surface area contributed by atoms with Gasteiger partial charge in [0.05, 0.1) is 0 Å². The summed E-state index contributed by atoms with van der Waals surface area (Å²) in [6.07, 6.45) is 18.6. The molecule has 1 heteroatoms. The van der Waals surface area contributed by atoms with Crippen LogP contribution in [0.15, 0.2) is 60.7 Å². The number of anilines is 2. The number of fused-ring (bicyclic) bond motifs is 1. The van der Waals surface area contributed by atoms with E-state index in [1.807, 2.05) is 0 Å². The summed E-state index contributed by atoms with van der Waals surface area (Å²) >= 11 is 0. The molecule has 0 aliphatic rings. The van der Waals surface area contributed by atoms with Crippen LogP contribution >= 0.6 is 0 Å². The molecule has 0 spiro atoms. The second-order valence-corrected chi connectivity index (χ2v) is 9.64. The minimum absolute atomic E-state index is 1.18. The zero-order chi connectivity index (χ0) is 23.1. The van der Waals surface area contributed by atoms with Crippen LogP contribution in [0.2, 0.25) is 0 Å². The zero-order valence-corrected chi connectivity index (χ0v) is 21.2. The van der Waals surface area contributed by atoms with E-state index in [9.17, 15) is 0 Å². The summed E-state index contributed by atoms with van der Waals surface area (Å²) in [5, 5.41) is 6.56. The lowest BCUT2D eigenvalue weighted by atomic mass is 9.91. The van der Waals surface area contributed by atoms with Gasteiger partial charge in [-0.15, -0.1) is 0 Å². The predicted molar refractivity (Wildman–Crippen MR) is 148 cm³/mol. The Balaban J connectivity index is 1.83. The quantitative estimate of drug-likeness (QED) is 0.217. The Morgan fingerprint density at radius 1 is 0.576 bits per heavy atom. The molecular formula is C32H45N. The number of rotatable bonds is 16. The number of hydrogen-bond donors (Lipinski definition) is 1. The third kappa shape index (κ3) is 8.22. The van der Waals surface area contributed by atoms with Gasteiger partial charge >= 0.3 is 0 Å². The highest BCUT2D eigenvalue weighted by atomic mass is 14.9. The van der Waals surface area contributed by atoms with Crippen molar-refractivity contribution >= 4 is 22.1 Å². The van der Waals surface area contributed by atoms with Gasteiger partial charge in [0.1, 0.15) is 0 Å². The SMILES string of the molecule is CCCCCCCCc1cc2ccccc2c(Nc2ccccc2)c1CCCCCCCC. The standard InChI is InChI=1S/C32H45N/c1-3-5-7-9-11-14-20-27-26-28-21-18-19-25-31(28)32(33-29-22-15-13-16-23-29)30(27)24-17-12-10-8-6-4-2/h13,15-16,18-19,21-23,25-26,33H,3-12,14,17,20,24H2,1-2H3. The molecule has 0 aromatic heterocycles. The van der Waals surface area contributed by atoms with Crippen LogP contribution < -0.4 is 5.32 Å². The summed E-state index contributed by atoms with van der Waals surface area (Å²) < 4.78 is 0. The van der Waals surface area contributed by atoms with Crippen molar-refractivity contribution in [3.63, 3.8) is 0 Å². The van der Waals surface area contributed by atoms with Crippen molar-refractivity contribution in [1.82, 2.24) is 0 Å². The summed E-state index contributed by atoms with van der Waals surface area (Å²) in [7, 11) is 0. The molecule has 0 fully saturated rings. The molecule has 1 nitrogen and oxygen atoms in total. The highest BCUT2D eigenvalue weighted by Crippen LogP contribution is 2.35. The van der Waals surface area contributed by atoms with Crippen LogP contribution in [-0.2, 0) is 12.8 Å². The molecule has 0 unspecified atom stereocenters. The largest absolute Gasteiger partial charge is 0.355 e. The lowest BCUT2D eigenvalue weighted by Crippen LogP contribution is -2.03. The van der Waals surface area contributed by atoms with Crippen LogP contribution in [0.4, 0.5) is 11.4 Å². The van der Waals surface area contributed by atoms with Crippen molar-refractivity contribution in [1.29, 1.82) is 0 Å². The summed E-state index contributed by atoms with van der Waals surface area (Å²) in [6, 6.07) is 22.1. The molecule has 178 valence electrons. The topological polar surface area (TPSA) is 12.0 Å². The van der Waals surface area contributed by atoms with Crippen molar-refractivity contribution in [2.75, 3.05) is 5.32 Å². The molecule has 0 aliphatic carbocycles. The van der Waals surface area contributed by atoms with Gasteiger partial charge < -0.3 is 5.32 Å². The number of benzene rings is 3. The van der Waals surface area contributed by atoms with E-state index < -0.39 is 0 Å². The maximum absolute atomic E-state index is 3.84. The van der Waals surface area contributed by atoms with Gasteiger partial charge in [0.2, 0.25) is 0 Å². The van der Waals surface area contributed by atoms with Crippen LogP contribution in [-0.4, -0.2) is 0 Å². The molecule has 0 radical (unpaired) electrons. The second kappa shape index (κ2) is 14.8. The van der Waals surface area contributed by atoms with Gasteiger partial charge in [-0.2, -0.15) is 0 Å². The molecule has 33 heavy (non-hydrogen) atoms. The van der Waals surface area contributed by atoms with E-state index in [-0.39, 0.29) is 0 Å². The van der Waals surface area contributed by atoms with E-state index in [1.54, 1.807) is 11.1 Å². The summed E-state index contributed by atoms with van der Waals surface area (Å²) in [4.78, 5) is 0. The van der Waals surface area contributed by atoms with E-state index in [2.05, 4.69) is 79.8 Å². The van der Waals surface area contributed by atoms with Gasteiger partial charge in [0, 0.05) is 16.8 Å². The number of para-hydroxylation sites is 1. The van der Waals surface area contributed by atoms with Gasteiger partial charge in [-0.3, -0.25) is 0 Å². The summed E-state index contributed by atoms with van der Waals surface area (Å²) in [5.74, 6) is 0. The number of aryl methyl sites for hydroxylation is 1. The lowest BCUT2D eigenvalue weighted by Gasteiger charge is -2.20. The minimum atomic E-state index is 1.18. The van der Waals surface area contributed by atoms with Crippen LogP contribution in [0, 0.1) is 0 Å². The minimum Gasteiger partial charge on any atom is -0.355 e. The van der Waals surface area contributed by atoms with Gasteiger partial charge in [0.15, 0.2) is 0 Å². The Labute approximate surface area is 203 Å². The molecule has 0 bridgehead atoms. The Kier molecular flexibility index (Phi) is 11.4. The first-order chi connectivity index (χ1) is 16.3. The maximum atomic E-state index is 3.84. The molecular weight excluding hydrogens is 398 g/mol. The monoisotopic (exact) mass is 443 g/mol. The fraction of sp³-hybridized carbons (Fsp3) is 0.500. The van der Waals surface area contributed by atoms with E-state index in [4.69, 9.17) is 0 Å². The molecule has 0 amide bonds. The number of hydrogen-bond acceptors (Lipinski definition) is 1. The van der Waals surface area contributed by atoms with Gasteiger partial charge in [-0.25, -0.2) is 0 Å². The summed E-state index contributed by atoms with van der Waals surface area (Å²) in [5.41, 5.74) is 5.65. The smallest absolute Gasteiger partial charge is 0.0499 e. The van der Waals surface area contributed by atoms with Gasteiger partial charge in [-0.05, 0) is 54.3 Å². The van der Waals surface area contributed by atoms with E-state index in [1.165, 1.54) is 112 Å². The molecule has 0 heterocycles. The van der Waals surface area contributed by atoms with Crippen molar-refractivity contribution in [2.24, 2.45) is 0 Å². The Morgan fingerprint density at radius 2 is 1.15 bits per heavy atom. The molecule has 3 aromatic carbocycles. The second-order valence-electron chi connectivity index (χ2n) is 9.64. The Morgan fingerprint density at radius 3 is 1.85 bits per heavy atom. The number of nitrogens with one attached hydrogen (secondary N) is 1. The molecule has 3 rings (SSSR count). The summed E-state index contributed by atoms with van der Waals surface area (Å²) in [6.45, 7) is 4.59. The van der Waals surface area contributed by atoms with Crippen LogP contribution in [0.1, 0.15) is 102 Å². The van der Waals surface area contributed by atoms with Crippen LogP contribution in [0.5, 0.6) is 0 Å². The highest BCUT2D eigenvalue weighted by Gasteiger charge is 2.14. The van der Waals surface area contributed by atoms with Crippen molar-refractivity contribution in [3.05, 3.63) is 71.8 Å². The number of unbranched alkanes of at least 4 members (excludes halogenated alkanes) is 10. The van der Waals surface area contributed by atoms with Crippen molar-refractivity contribution in [2.45, 2.75) is 104 Å². The molecule has 0 saturated heterocycles. The first-order valence-electron chi connectivity index (χ1n) is 13.7.